The summed E-state index contributed by atoms with van der Waals surface area (Å²) in [4.78, 5) is 4.49. The number of aryl methyl sites for hydroxylation is 1. The molecule has 1 aliphatic carbocycles. The highest BCUT2D eigenvalue weighted by Crippen LogP contribution is 2.41. The van der Waals surface area contributed by atoms with Crippen LogP contribution in [0.2, 0.25) is 0 Å². The summed E-state index contributed by atoms with van der Waals surface area (Å²) in [7, 11) is 0. The van der Waals surface area contributed by atoms with Crippen molar-refractivity contribution in [1.82, 2.24) is 10.3 Å². The Morgan fingerprint density at radius 3 is 3.00 bits per heavy atom. The molecule has 0 saturated heterocycles. The van der Waals surface area contributed by atoms with Gasteiger partial charge in [-0.1, -0.05) is 11.8 Å². The maximum atomic E-state index is 9.42. The first-order chi connectivity index (χ1) is 8.53. The van der Waals surface area contributed by atoms with Crippen molar-refractivity contribution in [3.63, 3.8) is 0 Å². The molecule has 0 amide bonds. The number of thioether (sulfide) groups is 1. The van der Waals surface area contributed by atoms with E-state index in [0.29, 0.717) is 11.3 Å². The van der Waals surface area contributed by atoms with Crippen LogP contribution in [-0.4, -0.2) is 21.8 Å². The van der Waals surface area contributed by atoms with Crippen LogP contribution in [-0.2, 0) is 0 Å². The fourth-order valence-electron chi connectivity index (χ4n) is 2.45. The van der Waals surface area contributed by atoms with Crippen molar-refractivity contribution in [2.75, 3.05) is 0 Å². The molecule has 2 rings (SSSR count). The molecule has 1 fully saturated rings. The molecule has 0 aliphatic heterocycles. The smallest absolute Gasteiger partial charge is 0.150 e. The zero-order valence-electron chi connectivity index (χ0n) is 11.1. The van der Waals surface area contributed by atoms with Gasteiger partial charge in [-0.3, -0.25) is 5.32 Å². The van der Waals surface area contributed by atoms with Crippen LogP contribution in [0.5, 0.6) is 0 Å². The maximum absolute atomic E-state index is 9.42. The van der Waals surface area contributed by atoms with Gasteiger partial charge in [-0.15, -0.1) is 11.3 Å². The topological polar surface area (TPSA) is 48.7 Å². The quantitative estimate of drug-likeness (QED) is 0.919. The lowest BCUT2D eigenvalue weighted by atomic mass is 9.99. The van der Waals surface area contributed by atoms with Gasteiger partial charge in [0, 0.05) is 22.4 Å². The highest BCUT2D eigenvalue weighted by Gasteiger charge is 2.40. The molecule has 5 heteroatoms. The summed E-state index contributed by atoms with van der Waals surface area (Å²) < 4.78 is 1.13. The van der Waals surface area contributed by atoms with Crippen LogP contribution in [0.3, 0.4) is 0 Å². The summed E-state index contributed by atoms with van der Waals surface area (Å²) in [6.45, 7) is 6.22. The molecular weight excluding hydrogens is 262 g/mol. The van der Waals surface area contributed by atoms with Crippen LogP contribution < -0.4 is 5.32 Å². The summed E-state index contributed by atoms with van der Waals surface area (Å²) >= 11 is 3.54. The Morgan fingerprint density at radius 2 is 2.44 bits per heavy atom. The van der Waals surface area contributed by atoms with E-state index < -0.39 is 0 Å². The first-order valence-electron chi connectivity index (χ1n) is 6.31. The van der Waals surface area contributed by atoms with Crippen molar-refractivity contribution in [1.29, 1.82) is 5.26 Å². The Morgan fingerprint density at radius 1 is 1.67 bits per heavy atom. The molecule has 18 heavy (non-hydrogen) atoms. The van der Waals surface area contributed by atoms with Crippen molar-refractivity contribution in [3.8, 4) is 6.07 Å². The lowest BCUT2D eigenvalue weighted by Gasteiger charge is -2.25. The van der Waals surface area contributed by atoms with Crippen molar-refractivity contribution in [2.24, 2.45) is 0 Å². The number of hydrogen-bond donors (Lipinski definition) is 1. The molecule has 2 atom stereocenters. The van der Waals surface area contributed by atoms with Gasteiger partial charge in [0.1, 0.15) is 9.88 Å². The molecule has 0 bridgehead atoms. The summed E-state index contributed by atoms with van der Waals surface area (Å²) in [6.07, 6.45) is 2.96. The molecule has 1 aromatic heterocycles. The van der Waals surface area contributed by atoms with Crippen molar-refractivity contribution >= 4 is 23.1 Å². The predicted octanol–water partition coefficient (Wildman–Crippen LogP) is 3.36. The van der Waals surface area contributed by atoms with E-state index in [4.69, 9.17) is 0 Å². The zero-order valence-corrected chi connectivity index (χ0v) is 12.7. The minimum atomic E-state index is -0.321. The van der Waals surface area contributed by atoms with Gasteiger partial charge >= 0.3 is 0 Å². The Bertz CT molecular complexity index is 449. The van der Waals surface area contributed by atoms with Gasteiger partial charge in [-0.05, 0) is 40.0 Å². The number of aromatic nitrogens is 1. The van der Waals surface area contributed by atoms with E-state index >= 15 is 0 Å². The molecule has 2 unspecified atom stereocenters. The van der Waals surface area contributed by atoms with Gasteiger partial charge < -0.3 is 0 Å². The number of rotatable bonds is 4. The third-order valence-electron chi connectivity index (χ3n) is 3.11. The summed E-state index contributed by atoms with van der Waals surface area (Å²) in [6, 6.07) is 2.85. The lowest BCUT2D eigenvalue weighted by Crippen LogP contribution is -2.45. The van der Waals surface area contributed by atoms with Crippen LogP contribution in [0, 0.1) is 18.3 Å². The Kier molecular flexibility index (Phi) is 4.31. The molecule has 0 radical (unpaired) electrons. The Balaban J connectivity index is 1.97. The minimum absolute atomic E-state index is 0.321. The van der Waals surface area contributed by atoms with Gasteiger partial charge in [-0.25, -0.2) is 4.98 Å². The van der Waals surface area contributed by atoms with Gasteiger partial charge in [0.05, 0.1) is 6.07 Å². The number of thiazole rings is 1. The van der Waals surface area contributed by atoms with Crippen LogP contribution >= 0.6 is 23.1 Å². The molecule has 1 heterocycles. The normalized spacial score (nSPS) is 27.6. The number of nitriles is 1. The average molecular weight is 281 g/mol. The second-order valence-corrected chi connectivity index (χ2v) is 7.64. The third-order valence-corrected chi connectivity index (χ3v) is 5.47. The second-order valence-electron chi connectivity index (χ2n) is 5.23. The molecular formula is C13H19N3S2. The molecule has 0 aromatic carbocycles. The van der Waals surface area contributed by atoms with Crippen LogP contribution in [0.4, 0.5) is 0 Å². The molecule has 3 nitrogen and oxygen atoms in total. The SMILES string of the molecule is Cc1csc(SC2CCC(C#N)(NC(C)C)C2)n1. The lowest BCUT2D eigenvalue weighted by molar-refractivity contribution is 0.386. The zero-order chi connectivity index (χ0) is 13.2. The highest BCUT2D eigenvalue weighted by atomic mass is 32.2. The summed E-state index contributed by atoms with van der Waals surface area (Å²) in [5.41, 5.74) is 0.769. The van der Waals surface area contributed by atoms with Crippen LogP contribution in [0.25, 0.3) is 0 Å². The summed E-state index contributed by atoms with van der Waals surface area (Å²) in [5.74, 6) is 0. The average Bonchev–Trinajstić information content (AvgIpc) is 2.87. The highest BCUT2D eigenvalue weighted by molar-refractivity contribution is 8.01. The minimum Gasteiger partial charge on any atom is -0.297 e. The summed E-state index contributed by atoms with van der Waals surface area (Å²) in [5, 5.41) is 15.5. The number of hydrogen-bond acceptors (Lipinski definition) is 5. The maximum Gasteiger partial charge on any atom is 0.150 e. The molecule has 1 N–H and O–H groups in total. The van der Waals surface area contributed by atoms with Crippen molar-refractivity contribution in [3.05, 3.63) is 11.1 Å². The van der Waals surface area contributed by atoms with E-state index in [1.165, 1.54) is 0 Å². The van der Waals surface area contributed by atoms with Gasteiger partial charge in [0.25, 0.3) is 0 Å². The van der Waals surface area contributed by atoms with Gasteiger partial charge in [0.15, 0.2) is 0 Å². The molecule has 0 spiro atoms. The fourth-order valence-corrected chi connectivity index (χ4v) is 4.83. The number of nitrogens with zero attached hydrogens (tertiary/aromatic N) is 2. The molecule has 98 valence electrons. The van der Waals surface area contributed by atoms with Crippen LogP contribution in [0.1, 0.15) is 38.8 Å². The molecule has 1 saturated carbocycles. The first-order valence-corrected chi connectivity index (χ1v) is 8.07. The molecule has 1 aromatic rings. The van der Waals surface area contributed by atoms with E-state index in [1.54, 1.807) is 11.3 Å². The van der Waals surface area contributed by atoms with Gasteiger partial charge in [0.2, 0.25) is 0 Å². The Hall–Kier alpha value is -0.570. The van der Waals surface area contributed by atoms with E-state index in [-0.39, 0.29) is 5.54 Å². The van der Waals surface area contributed by atoms with E-state index in [1.807, 2.05) is 18.7 Å². The van der Waals surface area contributed by atoms with E-state index in [0.717, 1.165) is 29.3 Å². The fraction of sp³-hybridized carbons (Fsp3) is 0.692. The second kappa shape index (κ2) is 5.60. The first kappa shape index (κ1) is 13.9. The largest absolute Gasteiger partial charge is 0.297 e. The monoisotopic (exact) mass is 281 g/mol. The third kappa shape index (κ3) is 3.25. The predicted molar refractivity (Wildman–Crippen MR) is 77.0 cm³/mol. The van der Waals surface area contributed by atoms with Crippen molar-refractivity contribution in [2.45, 2.75) is 61.2 Å². The van der Waals surface area contributed by atoms with Crippen molar-refractivity contribution < 1.29 is 0 Å². The molecule has 1 aliphatic rings. The van der Waals surface area contributed by atoms with E-state index in [9.17, 15) is 5.26 Å². The van der Waals surface area contributed by atoms with Crippen LogP contribution in [0.15, 0.2) is 9.72 Å². The van der Waals surface area contributed by atoms with Gasteiger partial charge in [-0.2, -0.15) is 5.26 Å². The standard InChI is InChI=1S/C13H19N3S2/c1-9(2)16-13(8-14)5-4-11(6-13)18-12-15-10(3)7-17-12/h7,9,11,16H,4-6H2,1-3H3. The Labute approximate surface area is 117 Å². The van der Waals surface area contributed by atoms with E-state index in [2.05, 4.69) is 35.6 Å². The number of nitrogens with one attached hydrogen (secondary N) is 1.